The highest BCUT2D eigenvalue weighted by atomic mass is 32.1. The average molecular weight is 365 g/mol. The van der Waals surface area contributed by atoms with Gasteiger partial charge in [0.1, 0.15) is 5.75 Å². The van der Waals surface area contributed by atoms with Crippen molar-refractivity contribution in [1.82, 2.24) is 10.7 Å². The van der Waals surface area contributed by atoms with Crippen molar-refractivity contribution in [3.8, 4) is 17.2 Å². The van der Waals surface area contributed by atoms with Crippen molar-refractivity contribution in [2.75, 3.05) is 21.3 Å². The fraction of sp³-hybridized carbons (Fsp3) is 0.556. The first-order chi connectivity index (χ1) is 12.1. The van der Waals surface area contributed by atoms with Crippen molar-refractivity contribution in [3.63, 3.8) is 0 Å². The van der Waals surface area contributed by atoms with Crippen LogP contribution in [0.5, 0.6) is 17.2 Å². The van der Waals surface area contributed by atoms with Gasteiger partial charge in [-0.1, -0.05) is 19.8 Å². The Morgan fingerprint density at radius 2 is 1.72 bits per heavy atom. The second kappa shape index (κ2) is 9.46. The topological polar surface area (TPSA) is 64.1 Å². The molecule has 0 aromatic heterocycles. The third kappa shape index (κ3) is 5.22. The first kappa shape index (κ1) is 19.3. The minimum absolute atomic E-state index is 0.416. The maximum Gasteiger partial charge on any atom is 0.187 e. The monoisotopic (exact) mass is 365 g/mol. The van der Waals surface area contributed by atoms with E-state index in [-0.39, 0.29) is 0 Å². The number of benzene rings is 1. The molecule has 138 valence electrons. The molecule has 0 amide bonds. The summed E-state index contributed by atoms with van der Waals surface area (Å²) < 4.78 is 16.0. The van der Waals surface area contributed by atoms with Gasteiger partial charge in [0.05, 0.1) is 27.5 Å². The molecule has 2 atom stereocenters. The Morgan fingerprint density at radius 3 is 2.36 bits per heavy atom. The fourth-order valence-electron chi connectivity index (χ4n) is 3.05. The van der Waals surface area contributed by atoms with Crippen LogP contribution in [0, 0.1) is 5.92 Å². The van der Waals surface area contributed by atoms with Gasteiger partial charge in [0, 0.05) is 17.7 Å². The van der Waals surface area contributed by atoms with Gasteiger partial charge in [0.25, 0.3) is 0 Å². The Kier molecular flexibility index (Phi) is 7.31. The van der Waals surface area contributed by atoms with Crippen LogP contribution < -0.4 is 25.0 Å². The molecule has 1 aliphatic rings. The normalized spacial score (nSPS) is 20.2. The van der Waals surface area contributed by atoms with E-state index >= 15 is 0 Å². The van der Waals surface area contributed by atoms with Gasteiger partial charge in [-0.15, -0.1) is 0 Å². The molecule has 0 saturated heterocycles. The number of rotatable bonds is 6. The van der Waals surface area contributed by atoms with Gasteiger partial charge >= 0.3 is 0 Å². The summed E-state index contributed by atoms with van der Waals surface area (Å²) in [4.78, 5) is 0. The van der Waals surface area contributed by atoms with E-state index in [1.54, 1.807) is 33.6 Å². The minimum Gasteiger partial charge on any atom is -0.496 e. The van der Waals surface area contributed by atoms with E-state index in [9.17, 15) is 0 Å². The summed E-state index contributed by atoms with van der Waals surface area (Å²) in [6, 6.07) is 3.99. The van der Waals surface area contributed by atoms with Crippen molar-refractivity contribution in [1.29, 1.82) is 0 Å². The van der Waals surface area contributed by atoms with E-state index < -0.39 is 0 Å². The molecule has 1 aromatic rings. The van der Waals surface area contributed by atoms with Crippen LogP contribution in [0.25, 0.3) is 0 Å². The minimum atomic E-state index is 0.416. The van der Waals surface area contributed by atoms with E-state index in [0.29, 0.717) is 34.3 Å². The SMILES string of the molecule is COc1cc(OC)c(OC)cc1/C=N\NC(=S)N[C@H]1CCCC[C@@H]1C. The summed E-state index contributed by atoms with van der Waals surface area (Å²) in [7, 11) is 4.78. The molecular formula is C18H27N3O3S. The van der Waals surface area contributed by atoms with Crippen molar-refractivity contribution in [2.45, 2.75) is 38.6 Å². The summed E-state index contributed by atoms with van der Waals surface area (Å²) in [5.41, 5.74) is 3.64. The lowest BCUT2D eigenvalue weighted by Gasteiger charge is -2.30. The molecule has 0 bridgehead atoms. The molecule has 1 saturated carbocycles. The van der Waals surface area contributed by atoms with Gasteiger partial charge in [-0.2, -0.15) is 5.10 Å². The lowest BCUT2D eigenvalue weighted by atomic mass is 9.86. The molecule has 7 heteroatoms. The third-order valence-corrected chi connectivity index (χ3v) is 4.74. The predicted molar refractivity (Wildman–Crippen MR) is 104 cm³/mol. The molecule has 0 heterocycles. The van der Waals surface area contributed by atoms with Gasteiger partial charge in [-0.3, -0.25) is 5.43 Å². The van der Waals surface area contributed by atoms with Gasteiger partial charge in [-0.25, -0.2) is 0 Å². The van der Waals surface area contributed by atoms with E-state index in [0.717, 1.165) is 12.0 Å². The summed E-state index contributed by atoms with van der Waals surface area (Å²) in [5, 5.41) is 8.11. The molecule has 1 fully saturated rings. The lowest BCUT2D eigenvalue weighted by molar-refractivity contribution is 0.308. The van der Waals surface area contributed by atoms with Gasteiger partial charge in [0.2, 0.25) is 0 Å². The zero-order valence-electron chi connectivity index (χ0n) is 15.3. The summed E-state index contributed by atoms with van der Waals surface area (Å²) in [5.74, 6) is 2.49. The number of hydrogen-bond acceptors (Lipinski definition) is 5. The smallest absolute Gasteiger partial charge is 0.187 e. The van der Waals surface area contributed by atoms with Gasteiger partial charge in [-0.05, 0) is 37.0 Å². The van der Waals surface area contributed by atoms with Gasteiger partial charge in [0.15, 0.2) is 16.6 Å². The molecule has 1 aliphatic carbocycles. The second-order valence-corrected chi connectivity index (χ2v) is 6.57. The van der Waals surface area contributed by atoms with Crippen LogP contribution in [0.1, 0.15) is 38.2 Å². The molecule has 0 unspecified atom stereocenters. The number of thiocarbonyl (C=S) groups is 1. The lowest BCUT2D eigenvalue weighted by Crippen LogP contribution is -2.44. The van der Waals surface area contributed by atoms with E-state index in [1.807, 2.05) is 6.07 Å². The van der Waals surface area contributed by atoms with E-state index in [4.69, 9.17) is 26.4 Å². The van der Waals surface area contributed by atoms with Crippen LogP contribution in [0.15, 0.2) is 17.2 Å². The van der Waals surface area contributed by atoms with Crippen molar-refractivity contribution >= 4 is 23.5 Å². The number of hydrogen-bond donors (Lipinski definition) is 2. The Balaban J connectivity index is 1.99. The predicted octanol–water partition coefficient (Wildman–Crippen LogP) is 3.09. The first-order valence-corrected chi connectivity index (χ1v) is 8.89. The van der Waals surface area contributed by atoms with Crippen LogP contribution in [0.2, 0.25) is 0 Å². The quantitative estimate of drug-likeness (QED) is 0.459. The number of ether oxygens (including phenoxy) is 3. The highest BCUT2D eigenvalue weighted by molar-refractivity contribution is 7.80. The zero-order chi connectivity index (χ0) is 18.2. The summed E-state index contributed by atoms with van der Waals surface area (Å²) >= 11 is 5.34. The van der Waals surface area contributed by atoms with Crippen molar-refractivity contribution in [3.05, 3.63) is 17.7 Å². The molecule has 0 radical (unpaired) electrons. The fourth-order valence-corrected chi connectivity index (χ4v) is 3.25. The van der Waals surface area contributed by atoms with Crippen LogP contribution in [0.3, 0.4) is 0 Å². The largest absolute Gasteiger partial charge is 0.496 e. The van der Waals surface area contributed by atoms with E-state index in [1.165, 1.54) is 19.3 Å². The third-order valence-electron chi connectivity index (χ3n) is 4.53. The van der Waals surface area contributed by atoms with Crippen molar-refractivity contribution < 1.29 is 14.2 Å². The average Bonchev–Trinajstić information content (AvgIpc) is 2.63. The Morgan fingerprint density at radius 1 is 1.08 bits per heavy atom. The Hall–Kier alpha value is -2.02. The molecule has 25 heavy (non-hydrogen) atoms. The standard InChI is InChI=1S/C18H27N3O3S/c1-12-7-5-6-8-14(12)20-18(25)21-19-11-13-9-16(23-3)17(24-4)10-15(13)22-2/h9-12,14H,5-8H2,1-4H3,(H2,20,21,25)/b19-11-/t12-,14-/m0/s1. The van der Waals surface area contributed by atoms with Crippen LogP contribution in [-0.2, 0) is 0 Å². The number of hydrazone groups is 1. The Bertz CT molecular complexity index is 622. The second-order valence-electron chi connectivity index (χ2n) is 6.16. The summed E-state index contributed by atoms with van der Waals surface area (Å²) in [6.07, 6.45) is 6.59. The maximum absolute atomic E-state index is 5.38. The number of nitrogens with zero attached hydrogens (tertiary/aromatic N) is 1. The first-order valence-electron chi connectivity index (χ1n) is 8.48. The highest BCUT2D eigenvalue weighted by Gasteiger charge is 2.21. The Labute approximate surface area is 154 Å². The van der Waals surface area contributed by atoms with E-state index in [2.05, 4.69) is 22.8 Å². The summed E-state index contributed by atoms with van der Waals surface area (Å²) in [6.45, 7) is 2.26. The molecule has 2 rings (SSSR count). The number of nitrogens with one attached hydrogen (secondary N) is 2. The van der Waals surface area contributed by atoms with Crippen LogP contribution >= 0.6 is 12.2 Å². The molecule has 0 aliphatic heterocycles. The molecule has 2 N–H and O–H groups in total. The van der Waals surface area contributed by atoms with Crippen LogP contribution in [-0.4, -0.2) is 38.7 Å². The van der Waals surface area contributed by atoms with Gasteiger partial charge < -0.3 is 19.5 Å². The number of methoxy groups -OCH3 is 3. The zero-order valence-corrected chi connectivity index (χ0v) is 16.1. The molecule has 1 aromatic carbocycles. The highest BCUT2D eigenvalue weighted by Crippen LogP contribution is 2.33. The molecule has 6 nitrogen and oxygen atoms in total. The maximum atomic E-state index is 5.38. The molecule has 0 spiro atoms. The van der Waals surface area contributed by atoms with Crippen molar-refractivity contribution in [2.24, 2.45) is 11.0 Å². The van der Waals surface area contributed by atoms with Crippen LogP contribution in [0.4, 0.5) is 0 Å². The molecular weight excluding hydrogens is 338 g/mol.